The Morgan fingerprint density at radius 1 is 1.26 bits per heavy atom. The van der Waals surface area contributed by atoms with E-state index in [-0.39, 0.29) is 16.8 Å². The number of nitrogens with one attached hydrogen (secondary N) is 2. The van der Waals surface area contributed by atoms with E-state index in [1.165, 1.54) is 12.1 Å². The molecule has 1 aliphatic heterocycles. The van der Waals surface area contributed by atoms with Crippen LogP contribution in [0.5, 0.6) is 0 Å². The lowest BCUT2D eigenvalue weighted by Crippen LogP contribution is -2.37. The Morgan fingerprint density at radius 3 is 2.52 bits per heavy atom. The van der Waals surface area contributed by atoms with Crippen LogP contribution in [0.1, 0.15) is 44.2 Å². The van der Waals surface area contributed by atoms with Crippen molar-refractivity contribution in [2.75, 3.05) is 23.3 Å². The molecule has 1 aliphatic rings. The van der Waals surface area contributed by atoms with Gasteiger partial charge < -0.3 is 20.7 Å². The first-order chi connectivity index (χ1) is 14.5. The van der Waals surface area contributed by atoms with E-state index >= 15 is 0 Å². The van der Waals surface area contributed by atoms with Crippen molar-refractivity contribution in [2.45, 2.75) is 44.9 Å². The number of aliphatic hydroxyl groups is 1. The summed E-state index contributed by atoms with van der Waals surface area (Å²) in [5.41, 5.74) is -0.985. The van der Waals surface area contributed by atoms with Crippen LogP contribution in [0.4, 0.5) is 30.5 Å². The molecule has 0 spiro atoms. The van der Waals surface area contributed by atoms with Crippen molar-refractivity contribution in [3.8, 4) is 0 Å². The van der Waals surface area contributed by atoms with Crippen molar-refractivity contribution in [1.29, 1.82) is 5.41 Å². The van der Waals surface area contributed by atoms with Crippen molar-refractivity contribution in [2.24, 2.45) is 5.92 Å². The van der Waals surface area contributed by atoms with E-state index in [0.29, 0.717) is 36.8 Å². The van der Waals surface area contributed by atoms with Gasteiger partial charge in [-0.25, -0.2) is 0 Å². The van der Waals surface area contributed by atoms with E-state index in [9.17, 15) is 18.3 Å². The molecule has 31 heavy (non-hydrogen) atoms. The predicted octanol–water partition coefficient (Wildman–Crippen LogP) is 5.27. The molecule has 0 aliphatic carbocycles. The molecule has 2 aromatic rings. The molecule has 0 bridgehead atoms. The fraction of sp³-hybridized carbons (Fsp3) is 0.476. The van der Waals surface area contributed by atoms with Crippen molar-refractivity contribution in [3.63, 3.8) is 0 Å². The van der Waals surface area contributed by atoms with Gasteiger partial charge in [0.1, 0.15) is 11.6 Å². The van der Waals surface area contributed by atoms with Crippen LogP contribution in [0.3, 0.4) is 0 Å². The average molecular weight is 456 g/mol. The van der Waals surface area contributed by atoms with Gasteiger partial charge in [0.2, 0.25) is 5.28 Å². The summed E-state index contributed by atoms with van der Waals surface area (Å²) in [4.78, 5) is 10.4. The first kappa shape index (κ1) is 23.3. The second kappa shape index (κ2) is 9.00. The normalized spacial score (nSPS) is 15.8. The number of hydrogen-bond acceptors (Lipinski definition) is 6. The molecule has 10 heteroatoms. The van der Waals surface area contributed by atoms with E-state index < -0.39 is 17.3 Å². The predicted molar refractivity (Wildman–Crippen MR) is 116 cm³/mol. The number of rotatable bonds is 6. The Kier molecular flexibility index (Phi) is 6.76. The highest BCUT2D eigenvalue weighted by atomic mass is 35.5. The molecule has 1 saturated heterocycles. The highest BCUT2D eigenvalue weighted by Crippen LogP contribution is 2.34. The van der Waals surface area contributed by atoms with Crippen LogP contribution < -0.4 is 10.2 Å². The van der Waals surface area contributed by atoms with Crippen molar-refractivity contribution in [1.82, 2.24) is 9.97 Å². The topological polar surface area (TPSA) is 85.1 Å². The molecule has 168 valence electrons. The number of alkyl halides is 3. The van der Waals surface area contributed by atoms with Crippen LogP contribution in [0.2, 0.25) is 5.28 Å². The Morgan fingerprint density at radius 2 is 1.94 bits per heavy atom. The van der Waals surface area contributed by atoms with Crippen LogP contribution >= 0.6 is 11.6 Å². The summed E-state index contributed by atoms with van der Waals surface area (Å²) in [6.07, 6.45) is -1.00. The molecule has 2 heterocycles. The van der Waals surface area contributed by atoms with E-state index in [2.05, 4.69) is 15.3 Å². The van der Waals surface area contributed by atoms with E-state index in [0.717, 1.165) is 31.2 Å². The van der Waals surface area contributed by atoms with E-state index in [1.807, 2.05) is 4.90 Å². The summed E-state index contributed by atoms with van der Waals surface area (Å²) >= 11 is 6.11. The largest absolute Gasteiger partial charge is 0.416 e. The Balaban J connectivity index is 1.84. The fourth-order valence-corrected chi connectivity index (χ4v) is 4.03. The Hall–Kier alpha value is -2.39. The average Bonchev–Trinajstić information content (AvgIpc) is 2.66. The molecule has 0 atom stereocenters. The minimum atomic E-state index is -4.47. The molecule has 0 unspecified atom stereocenters. The number of aromatic nitrogens is 2. The number of hydrogen-bond donors (Lipinski definition) is 3. The van der Waals surface area contributed by atoms with Gasteiger partial charge in [0, 0.05) is 25.0 Å². The van der Waals surface area contributed by atoms with Gasteiger partial charge in [0.15, 0.2) is 0 Å². The summed E-state index contributed by atoms with van der Waals surface area (Å²) in [6, 6.07) is 4.75. The zero-order valence-electron chi connectivity index (χ0n) is 17.3. The lowest BCUT2D eigenvalue weighted by Gasteiger charge is -2.35. The monoisotopic (exact) mass is 455 g/mol. The van der Waals surface area contributed by atoms with Gasteiger partial charge in [-0.2, -0.15) is 23.1 Å². The molecule has 1 fully saturated rings. The lowest BCUT2D eigenvalue weighted by atomic mass is 9.86. The lowest BCUT2D eigenvalue weighted by molar-refractivity contribution is -0.137. The van der Waals surface area contributed by atoms with Crippen LogP contribution in [0, 0.1) is 11.3 Å². The zero-order valence-corrected chi connectivity index (χ0v) is 18.1. The molecule has 0 saturated carbocycles. The third kappa shape index (κ3) is 6.07. The first-order valence-electron chi connectivity index (χ1n) is 9.96. The van der Waals surface area contributed by atoms with Crippen LogP contribution in [-0.2, 0) is 6.18 Å². The molecule has 3 N–H and O–H groups in total. The molecule has 3 rings (SSSR count). The maximum atomic E-state index is 13.0. The SMILES string of the molecule is CC(C)(O)CC1CCN(c2nc(Cl)nc(Nc3cccc(C(F)(F)F)c3)c2C=N)CC1. The van der Waals surface area contributed by atoms with E-state index in [1.54, 1.807) is 13.8 Å². The van der Waals surface area contributed by atoms with Crippen molar-refractivity contribution < 1.29 is 18.3 Å². The minimum Gasteiger partial charge on any atom is -0.390 e. The second-order valence-corrected chi connectivity index (χ2v) is 8.71. The standard InChI is InChI=1S/C21H25ClF3N5O/c1-20(2,31)11-13-6-8-30(9-7-13)18-16(12-26)17(28-19(22)29-18)27-15-5-3-4-14(10-15)21(23,24)25/h3-5,10,12-13,26,31H,6-9,11H2,1-2H3,(H,27,28,29). The Bertz CT molecular complexity index is 938. The minimum absolute atomic E-state index is 0.0614. The molecule has 6 nitrogen and oxygen atoms in total. The molecular weight excluding hydrogens is 431 g/mol. The highest BCUT2D eigenvalue weighted by Gasteiger charge is 2.31. The molecular formula is C21H25ClF3N5O. The smallest absolute Gasteiger partial charge is 0.390 e. The van der Waals surface area contributed by atoms with Gasteiger partial charge in [0.05, 0.1) is 16.7 Å². The van der Waals surface area contributed by atoms with Crippen LogP contribution in [0.15, 0.2) is 24.3 Å². The summed E-state index contributed by atoms with van der Waals surface area (Å²) in [5.74, 6) is 1.01. The van der Waals surface area contributed by atoms with Crippen LogP contribution in [-0.4, -0.2) is 40.0 Å². The first-order valence-corrected chi connectivity index (χ1v) is 10.3. The van der Waals surface area contributed by atoms with Crippen LogP contribution in [0.25, 0.3) is 0 Å². The second-order valence-electron chi connectivity index (χ2n) is 8.37. The number of anilines is 3. The van der Waals surface area contributed by atoms with Gasteiger partial charge >= 0.3 is 6.18 Å². The Labute approximate surface area is 184 Å². The third-order valence-electron chi connectivity index (χ3n) is 5.20. The fourth-order valence-electron chi connectivity index (χ4n) is 3.87. The molecule has 0 amide bonds. The highest BCUT2D eigenvalue weighted by molar-refractivity contribution is 6.28. The number of halogens is 4. The number of benzene rings is 1. The van der Waals surface area contributed by atoms with Gasteiger partial charge in [-0.05, 0) is 68.8 Å². The summed E-state index contributed by atoms with van der Waals surface area (Å²) in [5, 5.41) is 20.7. The van der Waals surface area contributed by atoms with Gasteiger partial charge in [-0.15, -0.1) is 0 Å². The summed E-state index contributed by atoms with van der Waals surface area (Å²) in [6.45, 7) is 4.92. The molecule has 0 radical (unpaired) electrons. The third-order valence-corrected chi connectivity index (χ3v) is 5.37. The maximum Gasteiger partial charge on any atom is 0.416 e. The molecule has 1 aromatic heterocycles. The maximum absolute atomic E-state index is 13.0. The van der Waals surface area contributed by atoms with Gasteiger partial charge in [0.25, 0.3) is 0 Å². The van der Waals surface area contributed by atoms with Crippen molar-refractivity contribution in [3.05, 3.63) is 40.7 Å². The zero-order chi connectivity index (χ0) is 22.8. The van der Waals surface area contributed by atoms with E-state index in [4.69, 9.17) is 17.0 Å². The van der Waals surface area contributed by atoms with Gasteiger partial charge in [-0.3, -0.25) is 0 Å². The quantitative estimate of drug-likeness (QED) is 0.408. The van der Waals surface area contributed by atoms with Crippen molar-refractivity contribution >= 4 is 35.1 Å². The summed E-state index contributed by atoms with van der Waals surface area (Å²) in [7, 11) is 0. The number of piperidine rings is 1. The summed E-state index contributed by atoms with van der Waals surface area (Å²) < 4.78 is 39.1. The van der Waals surface area contributed by atoms with Gasteiger partial charge in [-0.1, -0.05) is 6.07 Å². The number of nitrogens with zero attached hydrogens (tertiary/aromatic N) is 3. The molecule has 1 aromatic carbocycles.